The molecule has 1 aliphatic rings. The first-order valence-corrected chi connectivity index (χ1v) is 12.0. The van der Waals surface area contributed by atoms with Gasteiger partial charge in [0, 0.05) is 25.2 Å². The van der Waals surface area contributed by atoms with Crippen LogP contribution in [0.2, 0.25) is 0 Å². The zero-order valence-electron chi connectivity index (χ0n) is 17.8. The van der Waals surface area contributed by atoms with Crippen LogP contribution in [0, 0.1) is 13.8 Å². The standard InChI is InChI=1S/C22H27N5O3S/c1-16-6-7-18(14-17(16)2)23-22(28)10-13-27-21-9-8-19(15-20(21)24-25-27)31(29,30)26-11-4-3-5-12-26/h6-9,14-15H,3-5,10-13H2,1-2H3,(H,23,28). The number of aromatic nitrogens is 3. The quantitative estimate of drug-likeness (QED) is 0.633. The fraction of sp³-hybridized carbons (Fsp3) is 0.409. The number of carbonyl (C=O) groups is 1. The second-order valence-corrected chi connectivity index (χ2v) is 9.96. The Morgan fingerprint density at radius 1 is 1.03 bits per heavy atom. The fourth-order valence-corrected chi connectivity index (χ4v) is 5.32. The summed E-state index contributed by atoms with van der Waals surface area (Å²) in [6.45, 7) is 5.50. The largest absolute Gasteiger partial charge is 0.326 e. The second kappa shape index (κ2) is 8.76. The first-order chi connectivity index (χ1) is 14.8. The van der Waals surface area contributed by atoms with Crippen molar-refractivity contribution in [3.63, 3.8) is 0 Å². The van der Waals surface area contributed by atoms with Crippen LogP contribution >= 0.6 is 0 Å². The first kappa shape index (κ1) is 21.5. The van der Waals surface area contributed by atoms with Crippen LogP contribution in [0.25, 0.3) is 11.0 Å². The van der Waals surface area contributed by atoms with Crippen molar-refractivity contribution in [2.45, 2.75) is 51.0 Å². The lowest BCUT2D eigenvalue weighted by atomic mass is 10.1. The molecular formula is C22H27N5O3S. The van der Waals surface area contributed by atoms with E-state index in [0.717, 1.165) is 30.5 Å². The van der Waals surface area contributed by atoms with Gasteiger partial charge in [-0.1, -0.05) is 17.7 Å². The molecule has 1 saturated heterocycles. The molecule has 2 heterocycles. The minimum Gasteiger partial charge on any atom is -0.326 e. The molecule has 0 radical (unpaired) electrons. The van der Waals surface area contributed by atoms with E-state index >= 15 is 0 Å². The van der Waals surface area contributed by atoms with Gasteiger partial charge in [0.25, 0.3) is 0 Å². The molecule has 1 aromatic heterocycles. The van der Waals surface area contributed by atoms with Gasteiger partial charge in [-0.3, -0.25) is 4.79 Å². The molecular weight excluding hydrogens is 414 g/mol. The highest BCUT2D eigenvalue weighted by atomic mass is 32.2. The predicted molar refractivity (Wildman–Crippen MR) is 119 cm³/mol. The van der Waals surface area contributed by atoms with Crippen molar-refractivity contribution in [3.05, 3.63) is 47.5 Å². The molecule has 1 aliphatic heterocycles. The Morgan fingerprint density at radius 2 is 1.81 bits per heavy atom. The molecule has 0 spiro atoms. The van der Waals surface area contributed by atoms with Gasteiger partial charge in [0.2, 0.25) is 15.9 Å². The Hall–Kier alpha value is -2.78. The maximum atomic E-state index is 12.9. The van der Waals surface area contributed by atoms with Crippen molar-refractivity contribution in [2.75, 3.05) is 18.4 Å². The molecule has 3 aromatic rings. The third-order valence-corrected chi connectivity index (χ3v) is 7.67. The molecule has 31 heavy (non-hydrogen) atoms. The second-order valence-electron chi connectivity index (χ2n) is 8.03. The van der Waals surface area contributed by atoms with E-state index in [1.807, 2.05) is 32.0 Å². The van der Waals surface area contributed by atoms with E-state index < -0.39 is 10.0 Å². The van der Waals surface area contributed by atoms with Crippen molar-refractivity contribution in [3.8, 4) is 0 Å². The number of nitrogens with zero attached hydrogens (tertiary/aromatic N) is 4. The van der Waals surface area contributed by atoms with Gasteiger partial charge in [-0.2, -0.15) is 4.31 Å². The number of amides is 1. The van der Waals surface area contributed by atoms with Crippen molar-refractivity contribution >= 4 is 32.7 Å². The van der Waals surface area contributed by atoms with Gasteiger partial charge in [0.05, 0.1) is 17.0 Å². The van der Waals surface area contributed by atoms with Crippen molar-refractivity contribution in [2.24, 2.45) is 0 Å². The molecule has 164 valence electrons. The van der Waals surface area contributed by atoms with Gasteiger partial charge in [0.15, 0.2) is 0 Å². The highest BCUT2D eigenvalue weighted by Gasteiger charge is 2.26. The molecule has 8 nitrogen and oxygen atoms in total. The number of rotatable bonds is 6. The number of fused-ring (bicyclic) bond motifs is 1. The third-order valence-electron chi connectivity index (χ3n) is 5.78. The molecule has 0 aliphatic carbocycles. The molecule has 0 atom stereocenters. The van der Waals surface area contributed by atoms with Gasteiger partial charge in [0.1, 0.15) is 5.52 Å². The van der Waals surface area contributed by atoms with Crippen molar-refractivity contribution < 1.29 is 13.2 Å². The minimum absolute atomic E-state index is 0.115. The van der Waals surface area contributed by atoms with Gasteiger partial charge in [-0.15, -0.1) is 5.10 Å². The molecule has 0 bridgehead atoms. The lowest BCUT2D eigenvalue weighted by Gasteiger charge is -2.25. The van der Waals surface area contributed by atoms with Crippen LogP contribution in [0.3, 0.4) is 0 Å². The summed E-state index contributed by atoms with van der Waals surface area (Å²) in [6.07, 6.45) is 3.08. The van der Waals surface area contributed by atoms with Crippen LogP contribution in [-0.2, 0) is 21.4 Å². The number of nitrogens with one attached hydrogen (secondary N) is 1. The monoisotopic (exact) mass is 441 g/mol. The van der Waals surface area contributed by atoms with E-state index in [4.69, 9.17) is 0 Å². The molecule has 0 unspecified atom stereocenters. The zero-order chi connectivity index (χ0) is 22.0. The van der Waals surface area contributed by atoms with Gasteiger partial charge >= 0.3 is 0 Å². The summed E-state index contributed by atoms with van der Waals surface area (Å²) >= 11 is 0. The number of piperidine rings is 1. The number of carbonyl (C=O) groups excluding carboxylic acids is 1. The summed E-state index contributed by atoms with van der Waals surface area (Å²) < 4.78 is 29.0. The average Bonchev–Trinajstić information content (AvgIpc) is 3.18. The van der Waals surface area contributed by atoms with E-state index in [2.05, 4.69) is 15.6 Å². The van der Waals surface area contributed by atoms with Crippen LogP contribution in [-0.4, -0.2) is 46.7 Å². The van der Waals surface area contributed by atoms with Crippen LogP contribution < -0.4 is 5.32 Å². The number of anilines is 1. The molecule has 1 fully saturated rings. The summed E-state index contributed by atoms with van der Waals surface area (Å²) in [6, 6.07) is 10.7. The Labute approximate surface area is 182 Å². The Morgan fingerprint density at radius 3 is 2.55 bits per heavy atom. The maximum absolute atomic E-state index is 12.9. The van der Waals surface area contributed by atoms with Crippen LogP contribution in [0.5, 0.6) is 0 Å². The van der Waals surface area contributed by atoms with Crippen LogP contribution in [0.15, 0.2) is 41.3 Å². The number of hydrogen-bond acceptors (Lipinski definition) is 5. The van der Waals surface area contributed by atoms with Crippen LogP contribution in [0.1, 0.15) is 36.8 Å². The first-order valence-electron chi connectivity index (χ1n) is 10.5. The van der Waals surface area contributed by atoms with Gasteiger partial charge < -0.3 is 5.32 Å². The normalized spacial score (nSPS) is 15.3. The topological polar surface area (TPSA) is 97.2 Å². The molecule has 9 heteroatoms. The highest BCUT2D eigenvalue weighted by molar-refractivity contribution is 7.89. The highest BCUT2D eigenvalue weighted by Crippen LogP contribution is 2.23. The van der Waals surface area contributed by atoms with Crippen molar-refractivity contribution in [1.82, 2.24) is 19.3 Å². The number of hydrogen-bond donors (Lipinski definition) is 1. The predicted octanol–water partition coefficient (Wildman–Crippen LogP) is 3.25. The Balaban J connectivity index is 1.44. The molecule has 1 N–H and O–H groups in total. The van der Waals surface area contributed by atoms with Gasteiger partial charge in [-0.05, 0) is 68.1 Å². The SMILES string of the molecule is Cc1ccc(NC(=O)CCn2nnc3cc(S(=O)(=O)N4CCCCC4)ccc32)cc1C. The third kappa shape index (κ3) is 4.62. The number of sulfonamides is 1. The molecule has 2 aromatic carbocycles. The average molecular weight is 442 g/mol. The summed E-state index contributed by atoms with van der Waals surface area (Å²) in [5, 5.41) is 11.1. The van der Waals surface area contributed by atoms with E-state index in [1.165, 1.54) is 5.56 Å². The summed E-state index contributed by atoms with van der Waals surface area (Å²) in [5.41, 5.74) is 4.28. The van der Waals surface area contributed by atoms with E-state index in [0.29, 0.717) is 30.7 Å². The van der Waals surface area contributed by atoms with Gasteiger partial charge in [-0.25, -0.2) is 13.1 Å². The van der Waals surface area contributed by atoms with Crippen molar-refractivity contribution in [1.29, 1.82) is 0 Å². The maximum Gasteiger partial charge on any atom is 0.243 e. The summed E-state index contributed by atoms with van der Waals surface area (Å²) in [4.78, 5) is 12.6. The Kier molecular flexibility index (Phi) is 6.06. The van der Waals surface area contributed by atoms with Crippen LogP contribution in [0.4, 0.5) is 5.69 Å². The lowest BCUT2D eigenvalue weighted by Crippen LogP contribution is -2.35. The number of aryl methyl sites for hydroxylation is 3. The number of benzene rings is 2. The summed E-state index contributed by atoms with van der Waals surface area (Å²) in [5.74, 6) is -0.115. The minimum atomic E-state index is -3.52. The zero-order valence-corrected chi connectivity index (χ0v) is 18.7. The molecule has 0 saturated carbocycles. The summed E-state index contributed by atoms with van der Waals surface area (Å²) in [7, 11) is -3.52. The fourth-order valence-electron chi connectivity index (χ4n) is 3.78. The molecule has 1 amide bonds. The van der Waals surface area contributed by atoms with E-state index in [9.17, 15) is 13.2 Å². The van der Waals surface area contributed by atoms with E-state index in [1.54, 1.807) is 27.2 Å². The smallest absolute Gasteiger partial charge is 0.243 e. The van der Waals surface area contributed by atoms with E-state index in [-0.39, 0.29) is 17.2 Å². The Bertz CT molecular complexity index is 1210. The molecule has 4 rings (SSSR count). The lowest BCUT2D eigenvalue weighted by molar-refractivity contribution is -0.116.